The quantitative estimate of drug-likeness (QED) is 0.357. The molecule has 1 rings (SSSR count). The van der Waals surface area contributed by atoms with Crippen molar-refractivity contribution in [1.29, 1.82) is 0 Å². The third kappa shape index (κ3) is 6.94. The number of halogens is 2. The molecule has 0 saturated carbocycles. The minimum atomic E-state index is 0.304. The molecule has 0 aliphatic heterocycles. The predicted octanol–water partition coefficient (Wildman–Crippen LogP) is 5.12. The highest BCUT2D eigenvalue weighted by atomic mass is 35.5. The van der Waals surface area contributed by atoms with Crippen molar-refractivity contribution in [3.05, 3.63) is 33.8 Å². The fourth-order valence-electron chi connectivity index (χ4n) is 2.37. The van der Waals surface area contributed by atoms with E-state index in [9.17, 15) is 0 Å². The zero-order valence-electron chi connectivity index (χ0n) is 12.3. The molecule has 0 radical (unpaired) electrons. The van der Waals surface area contributed by atoms with E-state index >= 15 is 0 Å². The standard InChI is InChI=1S/C16H26Cl2N2/c1-2-3-4-5-6-7-8-14(20-19)11-13-9-10-15(17)16(18)12-13/h9-10,12,14,20H,2-8,11,19H2,1H3. The molecule has 1 aromatic rings. The molecule has 0 spiro atoms. The molecule has 3 N–H and O–H groups in total. The Morgan fingerprint density at radius 3 is 2.40 bits per heavy atom. The van der Waals surface area contributed by atoms with Gasteiger partial charge in [0.2, 0.25) is 0 Å². The van der Waals surface area contributed by atoms with Crippen molar-refractivity contribution in [2.75, 3.05) is 0 Å². The van der Waals surface area contributed by atoms with Gasteiger partial charge in [-0.3, -0.25) is 11.3 Å². The number of benzene rings is 1. The van der Waals surface area contributed by atoms with Crippen LogP contribution in [0.5, 0.6) is 0 Å². The van der Waals surface area contributed by atoms with Gasteiger partial charge in [-0.2, -0.15) is 0 Å². The summed E-state index contributed by atoms with van der Waals surface area (Å²) in [6, 6.07) is 6.09. The van der Waals surface area contributed by atoms with E-state index in [1.807, 2.05) is 18.2 Å². The molecule has 0 aliphatic rings. The van der Waals surface area contributed by atoms with Crippen LogP contribution in [0.1, 0.15) is 57.4 Å². The van der Waals surface area contributed by atoms with E-state index in [2.05, 4.69) is 12.3 Å². The molecular formula is C16H26Cl2N2. The van der Waals surface area contributed by atoms with Gasteiger partial charge < -0.3 is 0 Å². The van der Waals surface area contributed by atoms with Crippen LogP contribution in [0.25, 0.3) is 0 Å². The van der Waals surface area contributed by atoms with Gasteiger partial charge in [0.05, 0.1) is 10.0 Å². The number of hydrogen-bond acceptors (Lipinski definition) is 2. The summed E-state index contributed by atoms with van der Waals surface area (Å²) in [7, 11) is 0. The van der Waals surface area contributed by atoms with Gasteiger partial charge in [-0.25, -0.2) is 0 Å². The molecule has 0 saturated heterocycles. The average Bonchev–Trinajstić information content (AvgIpc) is 2.45. The van der Waals surface area contributed by atoms with Crippen LogP contribution in [0.4, 0.5) is 0 Å². The van der Waals surface area contributed by atoms with E-state index in [0.717, 1.165) is 12.8 Å². The maximum atomic E-state index is 6.03. The first kappa shape index (κ1) is 17.8. The van der Waals surface area contributed by atoms with Gasteiger partial charge in [-0.1, -0.05) is 74.7 Å². The number of hydrogen-bond donors (Lipinski definition) is 2. The van der Waals surface area contributed by atoms with Gasteiger partial charge >= 0.3 is 0 Å². The SMILES string of the molecule is CCCCCCCCC(Cc1ccc(Cl)c(Cl)c1)NN. The van der Waals surface area contributed by atoms with Crippen molar-refractivity contribution in [3.63, 3.8) is 0 Å². The van der Waals surface area contributed by atoms with Crippen LogP contribution < -0.4 is 11.3 Å². The van der Waals surface area contributed by atoms with Crippen LogP contribution in [0.2, 0.25) is 10.0 Å². The van der Waals surface area contributed by atoms with Crippen LogP contribution in [0, 0.1) is 0 Å². The minimum absolute atomic E-state index is 0.304. The Labute approximate surface area is 133 Å². The summed E-state index contributed by atoms with van der Waals surface area (Å²) in [6.45, 7) is 2.24. The Morgan fingerprint density at radius 1 is 1.05 bits per heavy atom. The van der Waals surface area contributed by atoms with E-state index in [1.54, 1.807) is 0 Å². The molecule has 4 heteroatoms. The van der Waals surface area contributed by atoms with Crippen LogP contribution in [0.3, 0.4) is 0 Å². The molecule has 0 bridgehead atoms. The minimum Gasteiger partial charge on any atom is -0.271 e. The third-order valence-corrected chi connectivity index (χ3v) is 4.35. The number of rotatable bonds is 10. The zero-order chi connectivity index (χ0) is 14.8. The number of unbranched alkanes of at least 4 members (excludes halogenated alkanes) is 5. The van der Waals surface area contributed by atoms with E-state index in [4.69, 9.17) is 29.0 Å². The summed E-state index contributed by atoms with van der Waals surface area (Å²) in [5.74, 6) is 5.64. The summed E-state index contributed by atoms with van der Waals surface area (Å²) in [4.78, 5) is 0. The molecule has 0 aromatic heterocycles. The Kier molecular flexibility index (Phi) is 9.28. The lowest BCUT2D eigenvalue weighted by Crippen LogP contribution is -2.36. The molecule has 1 atom stereocenters. The average molecular weight is 317 g/mol. The van der Waals surface area contributed by atoms with Crippen LogP contribution in [-0.2, 0) is 6.42 Å². The van der Waals surface area contributed by atoms with Gasteiger partial charge in [-0.05, 0) is 30.5 Å². The van der Waals surface area contributed by atoms with Crippen LogP contribution in [0.15, 0.2) is 18.2 Å². The van der Waals surface area contributed by atoms with Crippen LogP contribution >= 0.6 is 23.2 Å². The number of nitrogens with one attached hydrogen (secondary N) is 1. The molecule has 114 valence electrons. The van der Waals surface area contributed by atoms with Gasteiger partial charge in [0, 0.05) is 6.04 Å². The molecule has 0 fully saturated rings. The number of hydrazine groups is 1. The van der Waals surface area contributed by atoms with Crippen molar-refractivity contribution in [2.24, 2.45) is 5.84 Å². The lowest BCUT2D eigenvalue weighted by atomic mass is 10.00. The van der Waals surface area contributed by atoms with Gasteiger partial charge in [0.1, 0.15) is 0 Å². The highest BCUT2D eigenvalue weighted by molar-refractivity contribution is 6.42. The number of nitrogens with two attached hydrogens (primary N) is 1. The molecule has 1 unspecified atom stereocenters. The lowest BCUT2D eigenvalue weighted by Gasteiger charge is -2.16. The summed E-state index contributed by atoms with van der Waals surface area (Å²) in [5, 5.41) is 1.21. The largest absolute Gasteiger partial charge is 0.271 e. The molecule has 1 aromatic carbocycles. The smallest absolute Gasteiger partial charge is 0.0595 e. The predicted molar refractivity (Wildman–Crippen MR) is 89.3 cm³/mol. The molecule has 0 heterocycles. The summed E-state index contributed by atoms with van der Waals surface area (Å²) >= 11 is 12.0. The van der Waals surface area contributed by atoms with Crippen molar-refractivity contribution in [2.45, 2.75) is 64.3 Å². The first-order valence-electron chi connectivity index (χ1n) is 7.57. The lowest BCUT2D eigenvalue weighted by molar-refractivity contribution is 0.459. The second kappa shape index (κ2) is 10.4. The van der Waals surface area contributed by atoms with Crippen molar-refractivity contribution >= 4 is 23.2 Å². The second-order valence-electron chi connectivity index (χ2n) is 5.37. The van der Waals surface area contributed by atoms with E-state index in [0.29, 0.717) is 16.1 Å². The van der Waals surface area contributed by atoms with E-state index in [1.165, 1.54) is 44.1 Å². The van der Waals surface area contributed by atoms with E-state index in [-0.39, 0.29) is 0 Å². The summed E-state index contributed by atoms with van der Waals surface area (Å²) in [6.07, 6.45) is 9.83. The maximum absolute atomic E-state index is 6.03. The Hall–Kier alpha value is -0.280. The third-order valence-electron chi connectivity index (χ3n) is 3.61. The van der Waals surface area contributed by atoms with Gasteiger partial charge in [-0.15, -0.1) is 0 Å². The Bertz CT molecular complexity index is 383. The molecule has 2 nitrogen and oxygen atoms in total. The molecule has 20 heavy (non-hydrogen) atoms. The van der Waals surface area contributed by atoms with Crippen molar-refractivity contribution in [3.8, 4) is 0 Å². The van der Waals surface area contributed by atoms with Crippen LogP contribution in [-0.4, -0.2) is 6.04 Å². The fourth-order valence-corrected chi connectivity index (χ4v) is 2.69. The Morgan fingerprint density at radius 2 is 1.75 bits per heavy atom. The first-order valence-corrected chi connectivity index (χ1v) is 8.33. The zero-order valence-corrected chi connectivity index (χ0v) is 13.8. The normalized spacial score (nSPS) is 12.6. The molecule has 0 aliphatic carbocycles. The summed E-state index contributed by atoms with van der Waals surface area (Å²) < 4.78 is 0. The van der Waals surface area contributed by atoms with Gasteiger partial charge in [0.15, 0.2) is 0 Å². The highest BCUT2D eigenvalue weighted by Crippen LogP contribution is 2.23. The second-order valence-corrected chi connectivity index (χ2v) is 6.19. The van der Waals surface area contributed by atoms with Crippen molar-refractivity contribution < 1.29 is 0 Å². The highest BCUT2D eigenvalue weighted by Gasteiger charge is 2.09. The summed E-state index contributed by atoms with van der Waals surface area (Å²) in [5.41, 5.74) is 4.09. The van der Waals surface area contributed by atoms with Gasteiger partial charge in [0.25, 0.3) is 0 Å². The first-order chi connectivity index (χ1) is 9.67. The monoisotopic (exact) mass is 316 g/mol. The van der Waals surface area contributed by atoms with E-state index < -0.39 is 0 Å². The van der Waals surface area contributed by atoms with Crippen molar-refractivity contribution in [1.82, 2.24) is 5.43 Å². The maximum Gasteiger partial charge on any atom is 0.0595 e. The topological polar surface area (TPSA) is 38.0 Å². The Balaban J connectivity index is 2.29. The molecular weight excluding hydrogens is 291 g/mol. The fraction of sp³-hybridized carbons (Fsp3) is 0.625. The molecule has 0 amide bonds.